The Morgan fingerprint density at radius 3 is 1.69 bits per heavy atom. The summed E-state index contributed by atoms with van der Waals surface area (Å²) >= 11 is 0. The number of nitrogens with zero attached hydrogens (tertiary/aromatic N) is 1. The van der Waals surface area contributed by atoms with Gasteiger partial charge in [0.25, 0.3) is 0 Å². The van der Waals surface area contributed by atoms with E-state index in [1.807, 2.05) is 0 Å². The molecule has 0 radical (unpaired) electrons. The van der Waals surface area contributed by atoms with Gasteiger partial charge in [-0.25, -0.2) is 0 Å². The van der Waals surface area contributed by atoms with Crippen molar-refractivity contribution in [1.82, 2.24) is 0 Å². The van der Waals surface area contributed by atoms with E-state index in [2.05, 4.69) is 167 Å². The minimum Gasteiger partial charge on any atom is -0.310 e. The van der Waals surface area contributed by atoms with E-state index >= 15 is 0 Å². The molecule has 7 rings (SSSR count). The monoisotopic (exact) mass is 663 g/mol. The Hall–Kier alpha value is -3.67. The van der Waals surface area contributed by atoms with Gasteiger partial charge in [-0.15, -0.1) is 0 Å². The lowest BCUT2D eigenvalue weighted by Gasteiger charge is -2.30. The Labute approximate surface area is 292 Å². The molecule has 0 bridgehead atoms. The minimum absolute atomic E-state index is 0.0455. The van der Waals surface area contributed by atoms with Crippen molar-refractivity contribution in [3.8, 4) is 22.3 Å². The Balaban J connectivity index is 1.35. The molecule has 0 saturated heterocycles. The van der Waals surface area contributed by atoms with Gasteiger partial charge in [0.05, 0.1) is 16.1 Å². The first-order valence-corrected chi connectivity index (χ1v) is 25.2. The third-order valence-corrected chi connectivity index (χ3v) is 15.2. The van der Waals surface area contributed by atoms with E-state index in [1.165, 1.54) is 88.1 Å². The first-order valence-electron chi connectivity index (χ1n) is 18.2. The summed E-state index contributed by atoms with van der Waals surface area (Å²) in [4.78, 5) is 2.48. The fourth-order valence-corrected chi connectivity index (χ4v) is 11.9. The SMILES string of the molecule is CC1(C)c2ccccc2-c2ccc(N(c3ccc(-c4c([Si](C)(C)C)cccc4[Si](C)(C)C)cc3)c3ccc(C4CCCCC4)cc3)cc21. The Kier molecular flexibility index (Phi) is 8.45. The minimum atomic E-state index is -1.57. The molecule has 0 unspecified atom stereocenters. The normalized spacial score (nSPS) is 16.0. The summed E-state index contributed by atoms with van der Waals surface area (Å²) in [5.74, 6) is 0.701. The van der Waals surface area contributed by atoms with Crippen LogP contribution in [0.25, 0.3) is 22.3 Å². The molecule has 0 heterocycles. The summed E-state index contributed by atoms with van der Waals surface area (Å²) in [5.41, 5.74) is 13.5. The molecule has 0 aliphatic heterocycles. The molecule has 5 aromatic rings. The summed E-state index contributed by atoms with van der Waals surface area (Å²) in [6.07, 6.45) is 6.75. The van der Waals surface area contributed by atoms with Crippen LogP contribution >= 0.6 is 0 Å². The van der Waals surface area contributed by atoms with Crippen molar-refractivity contribution in [2.75, 3.05) is 4.90 Å². The predicted octanol–water partition coefficient (Wildman–Crippen LogP) is 12.3. The Morgan fingerprint density at radius 1 is 0.542 bits per heavy atom. The summed E-state index contributed by atoms with van der Waals surface area (Å²) in [7, 11) is -3.14. The molecule has 2 aliphatic carbocycles. The van der Waals surface area contributed by atoms with Gasteiger partial charge in [0, 0.05) is 22.5 Å². The molecule has 2 aliphatic rings. The summed E-state index contributed by atoms with van der Waals surface area (Å²) in [6, 6.07) is 42.3. The zero-order chi connectivity index (χ0) is 33.8. The van der Waals surface area contributed by atoms with Crippen LogP contribution in [0.4, 0.5) is 17.1 Å². The molecule has 246 valence electrons. The maximum atomic E-state index is 2.49. The van der Waals surface area contributed by atoms with E-state index in [0.29, 0.717) is 5.92 Å². The third-order valence-electron chi connectivity index (χ3n) is 11.1. The molecule has 0 aromatic heterocycles. The van der Waals surface area contributed by atoms with Crippen LogP contribution in [0.3, 0.4) is 0 Å². The van der Waals surface area contributed by atoms with Crippen LogP contribution in [0.15, 0.2) is 109 Å². The summed E-state index contributed by atoms with van der Waals surface area (Å²) < 4.78 is 0. The first-order chi connectivity index (χ1) is 22.8. The number of rotatable bonds is 7. The molecule has 0 N–H and O–H groups in total. The molecular weight excluding hydrogens is 611 g/mol. The van der Waals surface area contributed by atoms with E-state index in [0.717, 1.165) is 0 Å². The maximum absolute atomic E-state index is 2.49. The van der Waals surface area contributed by atoms with Gasteiger partial charge in [-0.05, 0) is 94.1 Å². The van der Waals surface area contributed by atoms with Gasteiger partial charge < -0.3 is 4.90 Å². The maximum Gasteiger partial charge on any atom is 0.0784 e. The van der Waals surface area contributed by atoms with Crippen LogP contribution in [0.1, 0.15) is 68.6 Å². The molecular formula is C45H53NSi2. The highest BCUT2D eigenvalue weighted by molar-refractivity contribution is 6.93. The molecule has 5 aromatic carbocycles. The van der Waals surface area contributed by atoms with Crippen molar-refractivity contribution >= 4 is 43.6 Å². The van der Waals surface area contributed by atoms with Crippen molar-refractivity contribution < 1.29 is 0 Å². The van der Waals surface area contributed by atoms with E-state index in [9.17, 15) is 0 Å². The molecule has 0 spiro atoms. The van der Waals surface area contributed by atoms with E-state index in [-0.39, 0.29) is 5.41 Å². The van der Waals surface area contributed by atoms with Crippen molar-refractivity contribution in [1.29, 1.82) is 0 Å². The standard InChI is InChI=1S/C45H53NSi2/c1-45(2)40-18-13-12-17-38(40)39-30-29-37(31-41(39)45)46(35-25-21-33(22-26-35)32-15-10-9-11-16-32)36-27-23-34(24-28-36)44-42(47(3,4)5)19-14-20-43(44)48(6,7)8/h12-14,17-32H,9-11,15-16H2,1-8H3. The van der Waals surface area contributed by atoms with Crippen molar-refractivity contribution in [3.63, 3.8) is 0 Å². The number of hydrogen-bond acceptors (Lipinski definition) is 1. The van der Waals surface area contributed by atoms with Crippen molar-refractivity contribution in [2.24, 2.45) is 0 Å². The second-order valence-electron chi connectivity index (χ2n) is 16.9. The fourth-order valence-electron chi connectivity index (χ4n) is 8.50. The lowest BCUT2D eigenvalue weighted by Crippen LogP contribution is -2.47. The quantitative estimate of drug-likeness (QED) is 0.157. The topological polar surface area (TPSA) is 3.24 Å². The van der Waals surface area contributed by atoms with Crippen LogP contribution in [0.2, 0.25) is 39.3 Å². The highest BCUT2D eigenvalue weighted by atomic mass is 28.3. The van der Waals surface area contributed by atoms with Crippen molar-refractivity contribution in [2.45, 2.75) is 96.6 Å². The van der Waals surface area contributed by atoms with Gasteiger partial charge >= 0.3 is 0 Å². The van der Waals surface area contributed by atoms with Gasteiger partial charge in [-0.2, -0.15) is 0 Å². The van der Waals surface area contributed by atoms with Crippen LogP contribution in [0, 0.1) is 0 Å². The van der Waals surface area contributed by atoms with Crippen LogP contribution in [-0.4, -0.2) is 16.1 Å². The lowest BCUT2D eigenvalue weighted by atomic mass is 9.82. The third kappa shape index (κ3) is 5.94. The van der Waals surface area contributed by atoms with E-state index < -0.39 is 16.1 Å². The zero-order valence-electron chi connectivity index (χ0n) is 30.5. The second kappa shape index (κ2) is 12.3. The average Bonchev–Trinajstić information content (AvgIpc) is 3.30. The first kappa shape index (κ1) is 32.9. The van der Waals surface area contributed by atoms with Crippen molar-refractivity contribution in [3.05, 3.63) is 126 Å². The summed E-state index contributed by atoms with van der Waals surface area (Å²) in [6.45, 7) is 19.7. The highest BCUT2D eigenvalue weighted by Crippen LogP contribution is 2.50. The lowest BCUT2D eigenvalue weighted by molar-refractivity contribution is 0.443. The van der Waals surface area contributed by atoms with E-state index in [4.69, 9.17) is 0 Å². The fraction of sp³-hybridized carbons (Fsp3) is 0.333. The van der Waals surface area contributed by atoms with Gasteiger partial charge in [-0.3, -0.25) is 0 Å². The number of anilines is 3. The number of benzene rings is 5. The molecule has 1 fully saturated rings. The van der Waals surface area contributed by atoms with Gasteiger partial charge in [0.2, 0.25) is 0 Å². The number of hydrogen-bond donors (Lipinski definition) is 0. The Bertz CT molecular complexity index is 1900. The largest absolute Gasteiger partial charge is 0.310 e. The molecule has 48 heavy (non-hydrogen) atoms. The molecule has 0 atom stereocenters. The Morgan fingerprint density at radius 2 is 1.08 bits per heavy atom. The van der Waals surface area contributed by atoms with Gasteiger partial charge in [-0.1, -0.05) is 156 Å². The predicted molar refractivity (Wildman–Crippen MR) is 216 cm³/mol. The summed E-state index contributed by atoms with van der Waals surface area (Å²) in [5, 5.41) is 3.15. The van der Waals surface area contributed by atoms with Crippen LogP contribution in [-0.2, 0) is 5.41 Å². The molecule has 1 saturated carbocycles. The number of fused-ring (bicyclic) bond motifs is 3. The average molecular weight is 664 g/mol. The van der Waals surface area contributed by atoms with Crippen LogP contribution in [0.5, 0.6) is 0 Å². The highest BCUT2D eigenvalue weighted by Gasteiger charge is 2.36. The van der Waals surface area contributed by atoms with Gasteiger partial charge in [0.15, 0.2) is 0 Å². The molecule has 1 nitrogen and oxygen atoms in total. The van der Waals surface area contributed by atoms with E-state index in [1.54, 1.807) is 10.4 Å². The zero-order valence-corrected chi connectivity index (χ0v) is 32.5. The smallest absolute Gasteiger partial charge is 0.0784 e. The van der Waals surface area contributed by atoms with Gasteiger partial charge in [0.1, 0.15) is 0 Å². The second-order valence-corrected chi connectivity index (χ2v) is 27.0. The molecule has 0 amide bonds. The molecule has 3 heteroatoms. The van der Waals surface area contributed by atoms with Crippen LogP contribution < -0.4 is 15.3 Å².